The van der Waals surface area contributed by atoms with Crippen LogP contribution in [0.5, 0.6) is 0 Å². The van der Waals surface area contributed by atoms with E-state index < -0.39 is 0 Å². The highest BCUT2D eigenvalue weighted by atomic mass is 32.2. The zero-order chi connectivity index (χ0) is 13.5. The molecule has 1 aromatic heterocycles. The van der Waals surface area contributed by atoms with Gasteiger partial charge in [0, 0.05) is 11.3 Å². The molecule has 0 bridgehead atoms. The highest BCUT2D eigenvalue weighted by Gasteiger charge is 2.42. The van der Waals surface area contributed by atoms with Crippen molar-refractivity contribution in [2.45, 2.75) is 43.2 Å². The number of nitrogens with zero attached hydrogens (tertiary/aromatic N) is 1. The SMILES string of the molecule is CNC1C(Sc2nc3ccccc3o2)CCC1(C)C. The molecule has 3 rings (SSSR count). The number of thioether (sulfide) groups is 1. The maximum absolute atomic E-state index is 5.82. The van der Waals surface area contributed by atoms with Crippen molar-refractivity contribution in [1.82, 2.24) is 10.3 Å². The van der Waals surface area contributed by atoms with Crippen LogP contribution in [0.4, 0.5) is 0 Å². The van der Waals surface area contributed by atoms with Gasteiger partial charge in [-0.05, 0) is 37.4 Å². The maximum Gasteiger partial charge on any atom is 0.257 e. The van der Waals surface area contributed by atoms with E-state index in [1.165, 1.54) is 12.8 Å². The van der Waals surface area contributed by atoms with Crippen LogP contribution in [0.2, 0.25) is 0 Å². The lowest BCUT2D eigenvalue weighted by Gasteiger charge is -2.29. The molecule has 1 heterocycles. The second-order valence-corrected chi connectivity index (χ2v) is 7.09. The van der Waals surface area contributed by atoms with E-state index in [2.05, 4.69) is 31.2 Å². The highest BCUT2D eigenvalue weighted by molar-refractivity contribution is 7.99. The van der Waals surface area contributed by atoms with Gasteiger partial charge in [-0.15, -0.1) is 0 Å². The van der Waals surface area contributed by atoms with Gasteiger partial charge < -0.3 is 9.73 Å². The maximum atomic E-state index is 5.82. The van der Waals surface area contributed by atoms with E-state index in [0.717, 1.165) is 16.3 Å². The van der Waals surface area contributed by atoms with Crippen LogP contribution in [0.15, 0.2) is 33.9 Å². The summed E-state index contributed by atoms with van der Waals surface area (Å²) < 4.78 is 5.82. The second-order valence-electron chi connectivity index (χ2n) is 5.90. The Balaban J connectivity index is 1.81. The average molecular weight is 276 g/mol. The van der Waals surface area contributed by atoms with Gasteiger partial charge in [0.15, 0.2) is 5.58 Å². The van der Waals surface area contributed by atoms with Crippen LogP contribution in [-0.4, -0.2) is 23.3 Å². The largest absolute Gasteiger partial charge is 0.431 e. The molecule has 1 saturated carbocycles. The number of benzene rings is 1. The molecule has 102 valence electrons. The molecule has 3 nitrogen and oxygen atoms in total. The lowest BCUT2D eigenvalue weighted by molar-refractivity contribution is 0.299. The fourth-order valence-corrected chi connectivity index (χ4v) is 4.50. The van der Waals surface area contributed by atoms with Gasteiger partial charge in [-0.25, -0.2) is 4.98 Å². The summed E-state index contributed by atoms with van der Waals surface area (Å²) in [6.07, 6.45) is 2.46. The summed E-state index contributed by atoms with van der Waals surface area (Å²) >= 11 is 1.77. The van der Waals surface area contributed by atoms with Crippen molar-refractivity contribution in [1.29, 1.82) is 0 Å². The number of nitrogens with one attached hydrogen (secondary N) is 1. The van der Waals surface area contributed by atoms with E-state index in [4.69, 9.17) is 4.42 Å². The average Bonchev–Trinajstić information content (AvgIpc) is 2.90. The number of hydrogen-bond donors (Lipinski definition) is 1. The molecular weight excluding hydrogens is 256 g/mol. The van der Waals surface area contributed by atoms with E-state index in [9.17, 15) is 0 Å². The summed E-state index contributed by atoms with van der Waals surface area (Å²) in [5.41, 5.74) is 2.17. The Labute approximate surface area is 118 Å². The van der Waals surface area contributed by atoms with Crippen LogP contribution in [-0.2, 0) is 0 Å². The Morgan fingerprint density at radius 3 is 2.89 bits per heavy atom. The van der Waals surface area contributed by atoms with Gasteiger partial charge >= 0.3 is 0 Å². The molecule has 1 aliphatic carbocycles. The minimum atomic E-state index is 0.346. The summed E-state index contributed by atoms with van der Waals surface area (Å²) in [7, 11) is 2.05. The van der Waals surface area contributed by atoms with Crippen molar-refractivity contribution in [3.8, 4) is 0 Å². The van der Waals surface area contributed by atoms with Gasteiger partial charge in [-0.3, -0.25) is 0 Å². The number of para-hydroxylation sites is 2. The molecule has 0 radical (unpaired) electrons. The van der Waals surface area contributed by atoms with Crippen LogP contribution in [0.25, 0.3) is 11.1 Å². The van der Waals surface area contributed by atoms with E-state index in [-0.39, 0.29) is 0 Å². The third-order valence-electron chi connectivity index (χ3n) is 4.12. The van der Waals surface area contributed by atoms with Crippen molar-refractivity contribution in [3.63, 3.8) is 0 Å². The number of hydrogen-bond acceptors (Lipinski definition) is 4. The van der Waals surface area contributed by atoms with Crippen LogP contribution in [0.1, 0.15) is 26.7 Å². The van der Waals surface area contributed by atoms with E-state index in [1.807, 2.05) is 24.3 Å². The van der Waals surface area contributed by atoms with Crippen molar-refractivity contribution < 1.29 is 4.42 Å². The molecule has 2 aromatic rings. The van der Waals surface area contributed by atoms with E-state index in [0.29, 0.717) is 16.7 Å². The topological polar surface area (TPSA) is 38.1 Å². The lowest BCUT2D eigenvalue weighted by atomic mass is 9.87. The molecule has 2 unspecified atom stereocenters. The smallest absolute Gasteiger partial charge is 0.257 e. The van der Waals surface area contributed by atoms with Gasteiger partial charge in [-0.2, -0.15) is 0 Å². The van der Waals surface area contributed by atoms with Gasteiger partial charge in [0.25, 0.3) is 5.22 Å². The molecule has 4 heteroatoms. The fourth-order valence-electron chi connectivity index (χ4n) is 3.07. The van der Waals surface area contributed by atoms with Gasteiger partial charge in [0.2, 0.25) is 0 Å². The molecule has 0 aliphatic heterocycles. The van der Waals surface area contributed by atoms with E-state index in [1.54, 1.807) is 11.8 Å². The number of fused-ring (bicyclic) bond motifs is 1. The minimum absolute atomic E-state index is 0.346. The first-order valence-corrected chi connectivity index (χ1v) is 7.67. The summed E-state index contributed by atoms with van der Waals surface area (Å²) in [6.45, 7) is 4.67. The monoisotopic (exact) mass is 276 g/mol. The number of aromatic nitrogens is 1. The van der Waals surface area contributed by atoms with Crippen molar-refractivity contribution in [2.24, 2.45) is 5.41 Å². The number of oxazole rings is 1. The molecular formula is C15H20N2OS. The summed E-state index contributed by atoms with van der Waals surface area (Å²) in [4.78, 5) is 4.56. The van der Waals surface area contributed by atoms with Gasteiger partial charge in [0.1, 0.15) is 5.52 Å². The van der Waals surface area contributed by atoms with E-state index >= 15 is 0 Å². The minimum Gasteiger partial charge on any atom is -0.431 e. The molecule has 2 atom stereocenters. The van der Waals surface area contributed by atoms with Crippen molar-refractivity contribution >= 4 is 22.9 Å². The van der Waals surface area contributed by atoms with Crippen LogP contribution >= 0.6 is 11.8 Å². The van der Waals surface area contributed by atoms with Crippen molar-refractivity contribution in [3.05, 3.63) is 24.3 Å². The summed E-state index contributed by atoms with van der Waals surface area (Å²) in [5, 5.41) is 4.80. The Morgan fingerprint density at radius 1 is 1.37 bits per heavy atom. The third kappa shape index (κ3) is 2.39. The molecule has 19 heavy (non-hydrogen) atoms. The van der Waals surface area contributed by atoms with Gasteiger partial charge in [-0.1, -0.05) is 37.7 Å². The van der Waals surface area contributed by atoms with Crippen molar-refractivity contribution in [2.75, 3.05) is 7.05 Å². The standard InChI is InChI=1S/C15H20N2OS/c1-15(2)9-8-12(13(15)16-3)19-14-17-10-6-4-5-7-11(10)18-14/h4-7,12-13,16H,8-9H2,1-3H3. The lowest BCUT2D eigenvalue weighted by Crippen LogP contribution is -2.41. The Hall–Kier alpha value is -1.00. The molecule has 1 N–H and O–H groups in total. The number of rotatable bonds is 3. The summed E-state index contributed by atoms with van der Waals surface area (Å²) in [6, 6.07) is 8.45. The van der Waals surface area contributed by atoms with Crippen LogP contribution in [0, 0.1) is 5.41 Å². The molecule has 0 spiro atoms. The third-order valence-corrected chi connectivity index (χ3v) is 5.31. The summed E-state index contributed by atoms with van der Waals surface area (Å²) in [5.74, 6) is 0. The predicted molar refractivity (Wildman–Crippen MR) is 79.5 cm³/mol. The van der Waals surface area contributed by atoms with Gasteiger partial charge in [0.05, 0.1) is 0 Å². The first kappa shape index (κ1) is 13.0. The molecule has 0 saturated heterocycles. The normalized spacial score (nSPS) is 26.1. The highest BCUT2D eigenvalue weighted by Crippen LogP contribution is 2.45. The first-order valence-electron chi connectivity index (χ1n) is 6.80. The Morgan fingerprint density at radius 2 is 2.16 bits per heavy atom. The molecule has 0 amide bonds. The predicted octanol–water partition coefficient (Wildman–Crippen LogP) is 3.70. The quantitative estimate of drug-likeness (QED) is 0.927. The first-order chi connectivity index (χ1) is 9.10. The zero-order valence-electron chi connectivity index (χ0n) is 11.6. The Bertz CT molecular complexity index is 545. The van der Waals surface area contributed by atoms with Crippen LogP contribution in [0.3, 0.4) is 0 Å². The molecule has 1 aromatic carbocycles. The Kier molecular flexibility index (Phi) is 3.31. The fraction of sp³-hybridized carbons (Fsp3) is 0.533. The molecule has 1 fully saturated rings. The second kappa shape index (κ2) is 4.84. The molecule has 1 aliphatic rings. The van der Waals surface area contributed by atoms with Crippen LogP contribution < -0.4 is 5.32 Å². The zero-order valence-corrected chi connectivity index (χ0v) is 12.5.